The van der Waals surface area contributed by atoms with Crippen molar-refractivity contribution in [2.24, 2.45) is 0 Å². The Kier molecular flexibility index (Phi) is 17.2. The molecular weight excluding hydrogens is 196 g/mol. The van der Waals surface area contributed by atoms with E-state index in [0.717, 1.165) is 38.9 Å². The van der Waals surface area contributed by atoms with Crippen LogP contribution < -0.4 is 0 Å². The highest BCUT2D eigenvalue weighted by atomic mass is 16.4. The topological polar surface area (TPSA) is 74.6 Å². The van der Waals surface area contributed by atoms with Crippen LogP contribution in [-0.4, -0.2) is 29.1 Å². The van der Waals surface area contributed by atoms with E-state index < -0.39 is 5.97 Å². The average molecular weight is 218 g/mol. The molecule has 0 saturated heterocycles. The normalized spacial score (nSPS) is 8.93. The Morgan fingerprint density at radius 2 is 1.47 bits per heavy atom. The minimum Gasteiger partial charge on any atom is -0.481 e. The van der Waals surface area contributed by atoms with Crippen LogP contribution >= 0.6 is 0 Å². The predicted molar refractivity (Wildman–Crippen MR) is 58.8 cm³/mol. The Bertz CT molecular complexity index is 142. The van der Waals surface area contributed by atoms with E-state index >= 15 is 0 Å². The van der Waals surface area contributed by atoms with Gasteiger partial charge in [0.15, 0.2) is 0 Å². The Hall–Kier alpha value is -0.900. The third-order valence-corrected chi connectivity index (χ3v) is 1.73. The number of hydrogen-bond donors (Lipinski definition) is 2. The first kappa shape index (κ1) is 16.5. The highest BCUT2D eigenvalue weighted by Crippen LogP contribution is 2.05. The molecule has 0 radical (unpaired) electrons. The molecule has 0 aliphatic carbocycles. The number of carbonyl (C=O) groups is 2. The maximum atomic E-state index is 9.91. The monoisotopic (exact) mass is 218 g/mol. The van der Waals surface area contributed by atoms with Crippen molar-refractivity contribution in [3.05, 3.63) is 0 Å². The van der Waals surface area contributed by atoms with Crippen molar-refractivity contribution in [2.45, 2.75) is 51.9 Å². The first-order valence-corrected chi connectivity index (χ1v) is 5.39. The van der Waals surface area contributed by atoms with Gasteiger partial charge in [0.05, 0.1) is 0 Å². The van der Waals surface area contributed by atoms with Crippen molar-refractivity contribution in [1.29, 1.82) is 0 Å². The van der Waals surface area contributed by atoms with Gasteiger partial charge < -0.3 is 15.0 Å². The molecule has 0 fully saturated rings. The molecule has 4 heteroatoms. The van der Waals surface area contributed by atoms with Gasteiger partial charge in [0.25, 0.3) is 5.97 Å². The Morgan fingerprint density at radius 3 is 1.87 bits per heavy atom. The van der Waals surface area contributed by atoms with Crippen LogP contribution in [0.3, 0.4) is 0 Å². The Morgan fingerprint density at radius 1 is 1.07 bits per heavy atom. The number of aliphatic hydroxyl groups is 1. The van der Waals surface area contributed by atoms with Crippen molar-refractivity contribution >= 4 is 12.3 Å². The molecule has 15 heavy (non-hydrogen) atoms. The lowest BCUT2D eigenvalue weighted by atomic mass is 10.1. The molecule has 90 valence electrons. The van der Waals surface area contributed by atoms with Gasteiger partial charge in [-0.3, -0.25) is 4.79 Å². The van der Waals surface area contributed by atoms with Crippen LogP contribution in [0.1, 0.15) is 51.9 Å². The number of carboxylic acids is 1. The van der Waals surface area contributed by atoms with Gasteiger partial charge in [0, 0.05) is 20.0 Å². The van der Waals surface area contributed by atoms with Crippen molar-refractivity contribution < 1.29 is 19.8 Å². The van der Waals surface area contributed by atoms with E-state index in [2.05, 4.69) is 0 Å². The van der Waals surface area contributed by atoms with E-state index in [1.807, 2.05) is 0 Å². The van der Waals surface area contributed by atoms with Crippen LogP contribution in [0.25, 0.3) is 0 Å². The number of aliphatic hydroxyl groups excluding tert-OH is 1. The van der Waals surface area contributed by atoms with Gasteiger partial charge in [-0.25, -0.2) is 0 Å². The number of unbranched alkanes of at least 4 members (excludes halogenated alkanes) is 6. The van der Waals surface area contributed by atoms with E-state index in [0.29, 0.717) is 13.0 Å². The maximum absolute atomic E-state index is 9.91. The quantitative estimate of drug-likeness (QED) is 0.482. The molecule has 0 bridgehead atoms. The van der Waals surface area contributed by atoms with Crippen molar-refractivity contribution in [3.8, 4) is 0 Å². The van der Waals surface area contributed by atoms with Crippen LogP contribution in [0.5, 0.6) is 0 Å². The average Bonchev–Trinajstić information content (AvgIpc) is 2.16. The minimum absolute atomic E-state index is 0.314. The Balaban J connectivity index is 0. The van der Waals surface area contributed by atoms with E-state index in [-0.39, 0.29) is 0 Å². The molecule has 4 nitrogen and oxygen atoms in total. The van der Waals surface area contributed by atoms with Gasteiger partial charge in [0.1, 0.15) is 6.29 Å². The summed E-state index contributed by atoms with van der Waals surface area (Å²) in [6, 6.07) is 0. The van der Waals surface area contributed by atoms with Crippen LogP contribution in [0.2, 0.25) is 0 Å². The molecule has 0 amide bonds. The second-order valence-corrected chi connectivity index (χ2v) is 3.32. The lowest BCUT2D eigenvalue weighted by molar-refractivity contribution is -0.134. The number of carboxylic acid groups (broad SMARTS) is 1. The lowest BCUT2D eigenvalue weighted by Crippen LogP contribution is -1.84. The summed E-state index contributed by atoms with van der Waals surface area (Å²) in [5.74, 6) is -0.833. The van der Waals surface area contributed by atoms with Gasteiger partial charge in [-0.05, 0) is 12.8 Å². The van der Waals surface area contributed by atoms with E-state index in [1.165, 1.54) is 12.8 Å². The summed E-state index contributed by atoms with van der Waals surface area (Å²) in [5, 5.41) is 15.9. The summed E-state index contributed by atoms with van der Waals surface area (Å²) in [7, 11) is 0. The summed E-state index contributed by atoms with van der Waals surface area (Å²) in [6.45, 7) is 1.40. The second-order valence-electron chi connectivity index (χ2n) is 3.32. The molecule has 0 spiro atoms. The zero-order chi connectivity index (χ0) is 11.9. The molecule has 0 aliphatic rings. The molecule has 0 aromatic carbocycles. The second kappa shape index (κ2) is 15.6. The zero-order valence-electron chi connectivity index (χ0n) is 9.45. The Labute approximate surface area is 91.3 Å². The molecule has 2 N–H and O–H groups in total. The fourth-order valence-electron chi connectivity index (χ4n) is 1.05. The SMILES string of the molecule is CC(=O)O.O=CCCCCCCCCO. The van der Waals surface area contributed by atoms with E-state index in [4.69, 9.17) is 15.0 Å². The smallest absolute Gasteiger partial charge is 0.300 e. The zero-order valence-corrected chi connectivity index (χ0v) is 9.45. The van der Waals surface area contributed by atoms with Crippen LogP contribution in [0.15, 0.2) is 0 Å². The summed E-state index contributed by atoms with van der Waals surface area (Å²) < 4.78 is 0. The van der Waals surface area contributed by atoms with Crippen LogP contribution in [0.4, 0.5) is 0 Å². The highest BCUT2D eigenvalue weighted by molar-refractivity contribution is 5.62. The molecule has 0 unspecified atom stereocenters. The molecular formula is C11H22O4. The predicted octanol–water partition coefficient (Wildman–Crippen LogP) is 2.00. The maximum Gasteiger partial charge on any atom is 0.300 e. The van der Waals surface area contributed by atoms with Gasteiger partial charge >= 0.3 is 0 Å². The fourth-order valence-corrected chi connectivity index (χ4v) is 1.05. The molecule has 0 heterocycles. The van der Waals surface area contributed by atoms with E-state index in [1.54, 1.807) is 0 Å². The largest absolute Gasteiger partial charge is 0.481 e. The number of aliphatic carboxylic acids is 1. The molecule has 0 aromatic heterocycles. The molecule has 0 aliphatic heterocycles. The minimum atomic E-state index is -0.833. The summed E-state index contributed by atoms with van der Waals surface area (Å²) in [5.41, 5.74) is 0. The van der Waals surface area contributed by atoms with Gasteiger partial charge in [0.2, 0.25) is 0 Å². The third kappa shape index (κ3) is 32.0. The number of hydrogen-bond acceptors (Lipinski definition) is 3. The van der Waals surface area contributed by atoms with Crippen LogP contribution in [-0.2, 0) is 9.59 Å². The molecule has 0 saturated carbocycles. The molecule has 0 aromatic rings. The third-order valence-electron chi connectivity index (χ3n) is 1.73. The number of rotatable bonds is 8. The van der Waals surface area contributed by atoms with Gasteiger partial charge in [-0.15, -0.1) is 0 Å². The molecule has 0 atom stereocenters. The summed E-state index contributed by atoms with van der Waals surface area (Å²) in [4.78, 5) is 18.9. The van der Waals surface area contributed by atoms with Crippen LogP contribution in [0, 0.1) is 0 Å². The standard InChI is InChI=1S/C9H18O2.C2H4O2/c10-8-6-4-2-1-3-5-7-9-11;1-2(3)4/h8,11H,1-7,9H2;1H3,(H,3,4). The highest BCUT2D eigenvalue weighted by Gasteiger charge is 1.89. The van der Waals surface area contributed by atoms with Crippen molar-refractivity contribution in [3.63, 3.8) is 0 Å². The van der Waals surface area contributed by atoms with Gasteiger partial charge in [-0.1, -0.05) is 25.7 Å². The van der Waals surface area contributed by atoms with Crippen molar-refractivity contribution in [1.82, 2.24) is 0 Å². The number of carbonyl (C=O) groups excluding carboxylic acids is 1. The first-order valence-electron chi connectivity index (χ1n) is 5.39. The summed E-state index contributed by atoms with van der Waals surface area (Å²) in [6.07, 6.45) is 8.32. The number of aldehydes is 1. The lowest BCUT2D eigenvalue weighted by Gasteiger charge is -1.97. The first-order chi connectivity index (χ1) is 7.15. The van der Waals surface area contributed by atoms with Crippen molar-refractivity contribution in [2.75, 3.05) is 6.61 Å². The van der Waals surface area contributed by atoms with Gasteiger partial charge in [-0.2, -0.15) is 0 Å². The fraction of sp³-hybridized carbons (Fsp3) is 0.818. The van der Waals surface area contributed by atoms with E-state index in [9.17, 15) is 4.79 Å². The summed E-state index contributed by atoms with van der Waals surface area (Å²) >= 11 is 0. The molecule has 0 rings (SSSR count).